The molecule has 2 N–H and O–H groups in total. The molecule has 3 aromatic rings. The van der Waals surface area contributed by atoms with Crippen LogP contribution in [0.5, 0.6) is 0 Å². The molecule has 3 heterocycles. The lowest BCUT2D eigenvalue weighted by Gasteiger charge is -2.20. The number of amides is 1. The van der Waals surface area contributed by atoms with Gasteiger partial charge in [-0.2, -0.15) is 13.2 Å². The molecule has 1 amide bonds. The molecular formula is C21H19ClF3N5O3. The molecule has 1 unspecified atom stereocenters. The first-order valence-electron chi connectivity index (χ1n) is 10.1. The fourth-order valence-corrected chi connectivity index (χ4v) is 4.13. The summed E-state index contributed by atoms with van der Waals surface area (Å²) in [7, 11) is 0. The molecule has 12 heteroatoms. The van der Waals surface area contributed by atoms with Gasteiger partial charge in [-0.25, -0.2) is 9.78 Å². The summed E-state index contributed by atoms with van der Waals surface area (Å²) in [4.78, 5) is 45.3. The maximum atomic E-state index is 12.8. The van der Waals surface area contributed by atoms with Gasteiger partial charge in [0.1, 0.15) is 5.82 Å². The molecule has 1 fully saturated rings. The maximum Gasteiger partial charge on any atom is 0.417 e. The minimum absolute atomic E-state index is 0.118. The molecule has 0 saturated carbocycles. The Morgan fingerprint density at radius 3 is 2.73 bits per heavy atom. The highest BCUT2D eigenvalue weighted by molar-refractivity contribution is 6.33. The molecule has 1 aromatic carbocycles. The SMILES string of the molecule is CCn1c(=O)[nH]c2cc(C(=O)NC3CCN(c4ncc(C(F)(F)F)cc4Cl)C3)ccc2c1=O. The number of anilines is 1. The van der Waals surface area contributed by atoms with Crippen LogP contribution in [0, 0.1) is 0 Å². The molecule has 1 aliphatic rings. The van der Waals surface area contributed by atoms with E-state index >= 15 is 0 Å². The number of alkyl halides is 3. The highest BCUT2D eigenvalue weighted by Crippen LogP contribution is 2.34. The number of pyridine rings is 1. The Morgan fingerprint density at radius 1 is 1.30 bits per heavy atom. The molecule has 1 atom stereocenters. The predicted octanol–water partition coefficient (Wildman–Crippen LogP) is 2.79. The second-order valence-corrected chi connectivity index (χ2v) is 8.08. The number of carbonyl (C=O) groups excluding carboxylic acids is 1. The van der Waals surface area contributed by atoms with Crippen LogP contribution in [0.1, 0.15) is 29.3 Å². The average Bonchev–Trinajstić information content (AvgIpc) is 3.21. The first-order valence-corrected chi connectivity index (χ1v) is 10.5. The van der Waals surface area contributed by atoms with Crippen molar-refractivity contribution in [2.24, 2.45) is 0 Å². The molecule has 0 bridgehead atoms. The van der Waals surface area contributed by atoms with Crippen molar-refractivity contribution in [2.75, 3.05) is 18.0 Å². The van der Waals surface area contributed by atoms with Gasteiger partial charge in [0.25, 0.3) is 11.5 Å². The van der Waals surface area contributed by atoms with Crippen molar-refractivity contribution >= 4 is 34.2 Å². The van der Waals surface area contributed by atoms with E-state index in [1.54, 1.807) is 11.8 Å². The quantitative estimate of drug-likeness (QED) is 0.597. The van der Waals surface area contributed by atoms with E-state index in [0.29, 0.717) is 24.9 Å². The van der Waals surface area contributed by atoms with Crippen molar-refractivity contribution in [3.05, 3.63) is 67.4 Å². The number of fused-ring (bicyclic) bond motifs is 1. The minimum atomic E-state index is -4.54. The summed E-state index contributed by atoms with van der Waals surface area (Å²) in [5.41, 5.74) is -1.40. The van der Waals surface area contributed by atoms with Gasteiger partial charge in [0.2, 0.25) is 0 Å². The third-order valence-electron chi connectivity index (χ3n) is 5.53. The van der Waals surface area contributed by atoms with Crippen LogP contribution in [0.3, 0.4) is 0 Å². The van der Waals surface area contributed by atoms with Gasteiger partial charge >= 0.3 is 11.9 Å². The monoisotopic (exact) mass is 481 g/mol. The number of aromatic amines is 1. The standard InChI is InChI=1S/C21H19ClF3N5O3/c1-2-30-19(32)14-4-3-11(7-16(14)28-20(30)33)18(31)27-13-5-6-29(10-13)17-15(22)8-12(9-26-17)21(23,24)25/h3-4,7-9,13H,2,5-6,10H2,1H3,(H,27,31)(H,28,33). The molecule has 0 aliphatic carbocycles. The second kappa shape index (κ2) is 8.54. The van der Waals surface area contributed by atoms with Crippen molar-refractivity contribution in [1.82, 2.24) is 19.9 Å². The highest BCUT2D eigenvalue weighted by Gasteiger charge is 2.33. The van der Waals surface area contributed by atoms with E-state index < -0.39 is 28.9 Å². The summed E-state index contributed by atoms with van der Waals surface area (Å²) in [6.07, 6.45) is -3.27. The molecule has 1 aliphatic heterocycles. The third kappa shape index (κ3) is 4.45. The fraction of sp³-hybridized carbons (Fsp3) is 0.333. The van der Waals surface area contributed by atoms with E-state index in [2.05, 4.69) is 15.3 Å². The summed E-state index contributed by atoms with van der Waals surface area (Å²) in [5, 5.41) is 3.04. The highest BCUT2D eigenvalue weighted by atomic mass is 35.5. The van der Waals surface area contributed by atoms with E-state index in [0.717, 1.165) is 16.8 Å². The van der Waals surface area contributed by atoms with Gasteiger partial charge in [0.15, 0.2) is 0 Å². The predicted molar refractivity (Wildman–Crippen MR) is 117 cm³/mol. The van der Waals surface area contributed by atoms with E-state index in [-0.39, 0.29) is 34.5 Å². The van der Waals surface area contributed by atoms with Crippen LogP contribution in [-0.2, 0) is 12.7 Å². The fourth-order valence-electron chi connectivity index (χ4n) is 3.84. The molecule has 2 aromatic heterocycles. The first kappa shape index (κ1) is 22.8. The van der Waals surface area contributed by atoms with Crippen molar-refractivity contribution < 1.29 is 18.0 Å². The summed E-state index contributed by atoms with van der Waals surface area (Å²) in [6, 6.07) is 4.97. The number of hydrogen-bond donors (Lipinski definition) is 2. The lowest BCUT2D eigenvalue weighted by Crippen LogP contribution is -2.37. The van der Waals surface area contributed by atoms with Gasteiger partial charge in [0.05, 0.1) is 21.5 Å². The van der Waals surface area contributed by atoms with Crippen LogP contribution < -0.4 is 21.5 Å². The number of aromatic nitrogens is 3. The molecule has 8 nitrogen and oxygen atoms in total. The zero-order chi connectivity index (χ0) is 23.9. The van der Waals surface area contributed by atoms with Gasteiger partial charge < -0.3 is 15.2 Å². The van der Waals surface area contributed by atoms with Crippen molar-refractivity contribution in [1.29, 1.82) is 0 Å². The second-order valence-electron chi connectivity index (χ2n) is 7.67. The van der Waals surface area contributed by atoms with Gasteiger partial charge in [-0.1, -0.05) is 11.6 Å². The maximum absolute atomic E-state index is 12.8. The van der Waals surface area contributed by atoms with Crippen LogP contribution >= 0.6 is 11.6 Å². The van der Waals surface area contributed by atoms with Crippen molar-refractivity contribution in [3.8, 4) is 0 Å². The number of halogens is 4. The number of carbonyl (C=O) groups is 1. The molecule has 33 heavy (non-hydrogen) atoms. The normalized spacial score (nSPS) is 16.4. The van der Waals surface area contributed by atoms with Crippen LogP contribution in [0.25, 0.3) is 10.9 Å². The number of nitrogens with zero attached hydrogens (tertiary/aromatic N) is 3. The number of benzene rings is 1. The summed E-state index contributed by atoms with van der Waals surface area (Å²) >= 11 is 6.02. The molecule has 1 saturated heterocycles. The lowest BCUT2D eigenvalue weighted by atomic mass is 10.1. The number of rotatable bonds is 4. The van der Waals surface area contributed by atoms with Gasteiger partial charge in [-0.3, -0.25) is 14.2 Å². The molecular weight excluding hydrogens is 463 g/mol. The zero-order valence-corrected chi connectivity index (χ0v) is 18.1. The van der Waals surface area contributed by atoms with Gasteiger partial charge in [-0.15, -0.1) is 0 Å². The zero-order valence-electron chi connectivity index (χ0n) is 17.4. The summed E-state index contributed by atoms with van der Waals surface area (Å²) in [5.74, 6) is -0.187. The van der Waals surface area contributed by atoms with Crippen LogP contribution in [0.15, 0.2) is 40.1 Å². The Labute approximate surface area is 190 Å². The third-order valence-corrected chi connectivity index (χ3v) is 5.81. The Balaban J connectivity index is 1.48. The Bertz CT molecular complexity index is 1350. The smallest absolute Gasteiger partial charge is 0.353 e. The van der Waals surface area contributed by atoms with Crippen LogP contribution in [0.4, 0.5) is 19.0 Å². The minimum Gasteiger partial charge on any atom is -0.353 e. The molecule has 0 radical (unpaired) electrons. The number of H-pyrrole nitrogens is 1. The van der Waals surface area contributed by atoms with E-state index in [1.807, 2.05) is 0 Å². The summed E-state index contributed by atoms with van der Waals surface area (Å²) in [6.45, 7) is 2.67. The van der Waals surface area contributed by atoms with E-state index in [4.69, 9.17) is 11.6 Å². The lowest BCUT2D eigenvalue weighted by molar-refractivity contribution is -0.137. The van der Waals surface area contributed by atoms with Crippen LogP contribution in [-0.4, -0.2) is 39.6 Å². The molecule has 4 rings (SSSR count). The van der Waals surface area contributed by atoms with Gasteiger partial charge in [0, 0.05) is 37.4 Å². The molecule has 174 valence electrons. The van der Waals surface area contributed by atoms with E-state index in [9.17, 15) is 27.6 Å². The van der Waals surface area contributed by atoms with Gasteiger partial charge in [-0.05, 0) is 37.6 Å². The molecule has 0 spiro atoms. The average molecular weight is 482 g/mol. The first-order chi connectivity index (χ1) is 15.6. The topological polar surface area (TPSA) is 100 Å². The number of nitrogens with one attached hydrogen (secondary N) is 2. The largest absolute Gasteiger partial charge is 0.417 e. The van der Waals surface area contributed by atoms with Crippen molar-refractivity contribution in [2.45, 2.75) is 32.1 Å². The Kier molecular flexibility index (Phi) is 5.91. The Hall–Kier alpha value is -3.34. The van der Waals surface area contributed by atoms with E-state index in [1.165, 1.54) is 18.2 Å². The summed E-state index contributed by atoms with van der Waals surface area (Å²) < 4.78 is 39.5. The van der Waals surface area contributed by atoms with Crippen LogP contribution in [0.2, 0.25) is 5.02 Å². The number of hydrogen-bond acceptors (Lipinski definition) is 5. The Morgan fingerprint density at radius 2 is 2.06 bits per heavy atom. The van der Waals surface area contributed by atoms with Crippen molar-refractivity contribution in [3.63, 3.8) is 0 Å².